The van der Waals surface area contributed by atoms with Gasteiger partial charge in [-0.05, 0) is 109 Å². The molecule has 0 saturated carbocycles. The molecule has 0 aromatic heterocycles. The Morgan fingerprint density at radius 3 is 2.05 bits per heavy atom. The van der Waals surface area contributed by atoms with Crippen LogP contribution in [0.15, 0.2) is 136 Å². The van der Waals surface area contributed by atoms with Gasteiger partial charge in [0.2, 0.25) is 0 Å². The Balaban J connectivity index is 1.11. The zero-order valence-corrected chi connectivity index (χ0v) is 34.9. The normalized spacial score (nSPS) is 15.2. The van der Waals surface area contributed by atoms with Crippen LogP contribution in [0.3, 0.4) is 0 Å². The summed E-state index contributed by atoms with van der Waals surface area (Å²) in [7, 11) is -10.9. The van der Waals surface area contributed by atoms with Crippen LogP contribution in [0.2, 0.25) is 0 Å². The quantitative estimate of drug-likeness (QED) is 0.0736. The highest BCUT2D eigenvalue weighted by Gasteiger charge is 2.48. The van der Waals surface area contributed by atoms with Crippen LogP contribution >= 0.6 is 11.8 Å². The molecule has 1 saturated heterocycles. The number of amides is 1. The maximum atomic E-state index is 13.9. The van der Waals surface area contributed by atoms with E-state index in [0.717, 1.165) is 29.2 Å². The minimum absolute atomic E-state index is 0.0966. The van der Waals surface area contributed by atoms with Crippen LogP contribution in [0.5, 0.6) is 0 Å². The third kappa shape index (κ3) is 10.7. The number of anilines is 2. The molecule has 1 fully saturated rings. The summed E-state index contributed by atoms with van der Waals surface area (Å²) in [5.41, 5.74) is -4.62. The number of hydrogen-bond donors (Lipinski definition) is 3. The topological polar surface area (TPSA) is 133 Å². The minimum atomic E-state index is -6.05. The Labute approximate surface area is 354 Å². The molecule has 3 N–H and O–H groups in total. The van der Waals surface area contributed by atoms with Gasteiger partial charge in [-0.1, -0.05) is 61.5 Å². The highest BCUT2D eigenvalue weighted by Crippen LogP contribution is 2.39. The fourth-order valence-electron chi connectivity index (χ4n) is 6.98. The second-order valence-corrected chi connectivity index (χ2v) is 19.1. The summed E-state index contributed by atoms with van der Waals surface area (Å²) in [5, 5.41) is 14.3. The molecule has 0 unspecified atom stereocenters. The fourth-order valence-corrected chi connectivity index (χ4v) is 10.1. The lowest BCUT2D eigenvalue weighted by molar-refractivity contribution is -0.137. The number of sulfone groups is 1. The molecule has 18 heteroatoms. The van der Waals surface area contributed by atoms with Gasteiger partial charge >= 0.3 is 11.7 Å². The number of thioether (sulfide) groups is 1. The molecule has 6 rings (SSSR count). The van der Waals surface area contributed by atoms with E-state index in [1.54, 1.807) is 43.3 Å². The number of rotatable bonds is 14. The zero-order chi connectivity index (χ0) is 44.2. The molecular formula is C43H41F6N3O6S3. The zero-order valence-electron chi connectivity index (χ0n) is 32.4. The molecule has 61 heavy (non-hydrogen) atoms. The third-order valence-corrected chi connectivity index (χ3v) is 14.4. The maximum Gasteiger partial charge on any atom is 0.501 e. The molecular weight excluding hydrogens is 865 g/mol. The smallest absolute Gasteiger partial charge is 0.388 e. The van der Waals surface area contributed by atoms with Crippen molar-refractivity contribution in [2.75, 3.05) is 29.1 Å². The Kier molecular flexibility index (Phi) is 13.8. The first-order chi connectivity index (χ1) is 28.8. The van der Waals surface area contributed by atoms with Gasteiger partial charge in [0.1, 0.15) is 4.90 Å². The Bertz CT molecular complexity index is 2530. The maximum absolute atomic E-state index is 13.9. The van der Waals surface area contributed by atoms with E-state index in [9.17, 15) is 53.1 Å². The van der Waals surface area contributed by atoms with Crippen LogP contribution in [0, 0.1) is 5.92 Å². The first kappa shape index (κ1) is 45.5. The van der Waals surface area contributed by atoms with Gasteiger partial charge in [-0.2, -0.15) is 26.3 Å². The van der Waals surface area contributed by atoms with E-state index in [2.05, 4.69) is 5.32 Å². The van der Waals surface area contributed by atoms with E-state index < -0.39 is 70.6 Å². The van der Waals surface area contributed by atoms with Gasteiger partial charge in [0.05, 0.1) is 22.3 Å². The molecule has 2 atom stereocenters. The van der Waals surface area contributed by atoms with Crippen molar-refractivity contribution in [3.8, 4) is 11.1 Å². The number of nitrogens with one attached hydrogen (secondary N) is 2. The van der Waals surface area contributed by atoms with Crippen LogP contribution in [-0.2, 0) is 26.0 Å². The molecule has 1 aliphatic heterocycles. The number of carbonyl (C=O) groups excluding carboxylic acids is 1. The third-order valence-electron chi connectivity index (χ3n) is 10.4. The molecule has 1 amide bonds. The molecule has 1 heterocycles. The average molecular weight is 906 g/mol. The standard InChI is InChI=1S/C43H41F6N3O6S3/c1-2-32(27-59-34-8-4-3-5-9-34)50-38-21-20-35(26-39(38)60(55,56)43(47,48)49)61(57,58)51-41(54)30-14-18-33(19-15-30)52-24-22-29(23-25-52)40(53)37-11-7-6-10-36(37)28-12-16-31(17-13-28)42(44,45)46/h3-21,26,29,32,40,50,53H,2,22-25,27H2,1H3,(H,51,54)/t32-,40-/m1/s1. The van der Waals surface area contributed by atoms with Gasteiger partial charge < -0.3 is 15.3 Å². The lowest BCUT2D eigenvalue weighted by Gasteiger charge is -2.36. The number of alkyl halides is 6. The predicted molar refractivity (Wildman–Crippen MR) is 222 cm³/mol. The van der Waals surface area contributed by atoms with E-state index >= 15 is 0 Å². The Hall–Kier alpha value is -5.04. The summed E-state index contributed by atoms with van der Waals surface area (Å²) >= 11 is 1.40. The molecule has 5 aromatic rings. The largest absolute Gasteiger partial charge is 0.501 e. The summed E-state index contributed by atoms with van der Waals surface area (Å²) in [6, 6.07) is 28.6. The lowest BCUT2D eigenvalue weighted by atomic mass is 9.84. The van der Waals surface area contributed by atoms with Gasteiger partial charge in [0.25, 0.3) is 25.8 Å². The molecule has 0 bridgehead atoms. The summed E-state index contributed by atoms with van der Waals surface area (Å²) in [4.78, 5) is 13.9. The van der Waals surface area contributed by atoms with Crippen LogP contribution < -0.4 is 14.9 Å². The second kappa shape index (κ2) is 18.5. The molecule has 1 aliphatic rings. The van der Waals surface area contributed by atoms with Crippen molar-refractivity contribution in [3.05, 3.63) is 138 Å². The van der Waals surface area contributed by atoms with E-state index in [4.69, 9.17) is 0 Å². The lowest BCUT2D eigenvalue weighted by Crippen LogP contribution is -2.35. The number of aliphatic hydroxyl groups is 1. The van der Waals surface area contributed by atoms with E-state index in [-0.39, 0.29) is 11.5 Å². The van der Waals surface area contributed by atoms with Crippen molar-refractivity contribution in [2.45, 2.75) is 64.7 Å². The van der Waals surface area contributed by atoms with Gasteiger partial charge in [-0.25, -0.2) is 21.6 Å². The van der Waals surface area contributed by atoms with Crippen molar-refractivity contribution in [2.24, 2.45) is 5.92 Å². The van der Waals surface area contributed by atoms with Gasteiger partial charge in [-0.3, -0.25) is 4.79 Å². The van der Waals surface area contributed by atoms with Crippen LogP contribution in [0.25, 0.3) is 11.1 Å². The van der Waals surface area contributed by atoms with Gasteiger partial charge in [0.15, 0.2) is 0 Å². The van der Waals surface area contributed by atoms with Crippen molar-refractivity contribution in [1.82, 2.24) is 4.72 Å². The highest BCUT2D eigenvalue weighted by atomic mass is 32.2. The molecule has 0 aliphatic carbocycles. The first-order valence-corrected chi connectivity index (χ1v) is 23.0. The minimum Gasteiger partial charge on any atom is -0.388 e. The first-order valence-electron chi connectivity index (χ1n) is 19.0. The fraction of sp³-hybridized carbons (Fsp3) is 0.279. The summed E-state index contributed by atoms with van der Waals surface area (Å²) in [5.74, 6) is -0.925. The second-order valence-electron chi connectivity index (χ2n) is 14.4. The van der Waals surface area contributed by atoms with E-state index in [1.165, 1.54) is 36.0 Å². The average Bonchev–Trinajstić information content (AvgIpc) is 3.24. The van der Waals surface area contributed by atoms with Crippen molar-refractivity contribution < 1.29 is 53.1 Å². The van der Waals surface area contributed by atoms with Gasteiger partial charge in [0, 0.05) is 41.0 Å². The van der Waals surface area contributed by atoms with Gasteiger partial charge in [-0.15, -0.1) is 11.8 Å². The van der Waals surface area contributed by atoms with Crippen molar-refractivity contribution in [1.29, 1.82) is 0 Å². The van der Waals surface area contributed by atoms with E-state index in [1.807, 2.05) is 40.0 Å². The summed E-state index contributed by atoms with van der Waals surface area (Å²) < 4.78 is 135. The molecule has 0 radical (unpaired) electrons. The summed E-state index contributed by atoms with van der Waals surface area (Å²) in [6.07, 6.45) is -3.88. The van der Waals surface area contributed by atoms with Crippen molar-refractivity contribution >= 4 is 48.9 Å². The monoisotopic (exact) mass is 905 g/mol. The highest BCUT2D eigenvalue weighted by molar-refractivity contribution is 7.99. The van der Waals surface area contributed by atoms with E-state index in [0.29, 0.717) is 66.5 Å². The number of sulfonamides is 1. The van der Waals surface area contributed by atoms with Crippen molar-refractivity contribution in [3.63, 3.8) is 0 Å². The number of aliphatic hydroxyl groups excluding tert-OH is 1. The number of nitrogens with zero attached hydrogens (tertiary/aromatic N) is 1. The number of halogens is 6. The summed E-state index contributed by atoms with van der Waals surface area (Å²) in [6.45, 7) is 2.77. The number of piperidine rings is 1. The number of hydrogen-bond acceptors (Lipinski definition) is 9. The predicted octanol–water partition coefficient (Wildman–Crippen LogP) is 9.72. The van der Waals surface area contributed by atoms with Crippen LogP contribution in [0.1, 0.15) is 53.8 Å². The Morgan fingerprint density at radius 1 is 0.820 bits per heavy atom. The molecule has 0 spiro atoms. The number of benzene rings is 5. The molecule has 9 nitrogen and oxygen atoms in total. The molecule has 324 valence electrons. The number of carbonyl (C=O) groups is 1. The SMILES string of the molecule is CC[C@H](CSc1ccccc1)Nc1ccc(S(=O)(=O)NC(=O)c2ccc(N3CCC([C@@H](O)c4ccccc4-c4ccc(C(F)(F)F)cc4)CC3)cc2)cc1S(=O)(=O)C(F)(F)F. The van der Waals surface area contributed by atoms with Crippen LogP contribution in [-0.4, -0.2) is 58.2 Å². The van der Waals surface area contributed by atoms with Crippen LogP contribution in [0.4, 0.5) is 37.7 Å². The molecule has 5 aromatic carbocycles. The Morgan fingerprint density at radius 2 is 1.44 bits per heavy atom.